The number of aromatic nitrogens is 1. The SMILES string of the molecule is O=C(O)CC1(CNC(=O)Cc2ccncc2)CCCCC1. The van der Waals surface area contributed by atoms with E-state index in [-0.39, 0.29) is 17.7 Å². The van der Waals surface area contributed by atoms with Gasteiger partial charge in [0.2, 0.25) is 5.91 Å². The highest BCUT2D eigenvalue weighted by Gasteiger charge is 2.34. The maximum Gasteiger partial charge on any atom is 0.303 e. The van der Waals surface area contributed by atoms with E-state index >= 15 is 0 Å². The van der Waals surface area contributed by atoms with Gasteiger partial charge in [-0.25, -0.2) is 0 Å². The number of hydrogen-bond acceptors (Lipinski definition) is 3. The van der Waals surface area contributed by atoms with E-state index < -0.39 is 5.97 Å². The molecule has 2 rings (SSSR count). The van der Waals surface area contributed by atoms with Gasteiger partial charge in [0.25, 0.3) is 0 Å². The first-order chi connectivity index (χ1) is 10.1. The van der Waals surface area contributed by atoms with Gasteiger partial charge in [-0.3, -0.25) is 14.6 Å². The second kappa shape index (κ2) is 7.20. The first-order valence-corrected chi connectivity index (χ1v) is 7.47. The highest BCUT2D eigenvalue weighted by atomic mass is 16.4. The van der Waals surface area contributed by atoms with Gasteiger partial charge < -0.3 is 10.4 Å². The van der Waals surface area contributed by atoms with E-state index in [0.717, 1.165) is 37.7 Å². The van der Waals surface area contributed by atoms with Gasteiger partial charge in [-0.1, -0.05) is 19.3 Å². The number of carboxylic acid groups (broad SMARTS) is 1. The van der Waals surface area contributed by atoms with Crippen LogP contribution in [0.3, 0.4) is 0 Å². The molecule has 21 heavy (non-hydrogen) atoms. The zero-order valence-corrected chi connectivity index (χ0v) is 12.2. The zero-order valence-electron chi connectivity index (χ0n) is 12.2. The maximum absolute atomic E-state index is 12.0. The lowest BCUT2D eigenvalue weighted by Gasteiger charge is -2.36. The fourth-order valence-corrected chi connectivity index (χ4v) is 3.07. The predicted molar refractivity (Wildman–Crippen MR) is 78.7 cm³/mol. The summed E-state index contributed by atoms with van der Waals surface area (Å²) in [5, 5.41) is 12.0. The van der Waals surface area contributed by atoms with Gasteiger partial charge in [-0.05, 0) is 36.0 Å². The Bertz CT molecular complexity index is 482. The number of carboxylic acids is 1. The van der Waals surface area contributed by atoms with Gasteiger partial charge in [0.05, 0.1) is 12.8 Å². The van der Waals surface area contributed by atoms with E-state index in [1.54, 1.807) is 12.4 Å². The Kier molecular flexibility index (Phi) is 5.31. The first kappa shape index (κ1) is 15.5. The Morgan fingerprint density at radius 1 is 1.19 bits per heavy atom. The largest absolute Gasteiger partial charge is 0.481 e. The van der Waals surface area contributed by atoms with E-state index in [0.29, 0.717) is 13.0 Å². The third kappa shape index (κ3) is 4.85. The molecule has 2 N–H and O–H groups in total. The second-order valence-corrected chi connectivity index (χ2v) is 5.94. The molecule has 1 aromatic heterocycles. The molecule has 1 aliphatic carbocycles. The molecule has 1 heterocycles. The Hall–Kier alpha value is -1.91. The summed E-state index contributed by atoms with van der Waals surface area (Å²) in [6.07, 6.45) is 8.80. The van der Waals surface area contributed by atoms with Crippen molar-refractivity contribution in [2.24, 2.45) is 5.41 Å². The van der Waals surface area contributed by atoms with Crippen LogP contribution in [0.5, 0.6) is 0 Å². The molecule has 0 unspecified atom stereocenters. The first-order valence-electron chi connectivity index (χ1n) is 7.47. The molecule has 0 atom stereocenters. The van der Waals surface area contributed by atoms with Gasteiger partial charge in [-0.2, -0.15) is 0 Å². The van der Waals surface area contributed by atoms with Crippen molar-refractivity contribution in [3.8, 4) is 0 Å². The normalized spacial score (nSPS) is 17.1. The van der Waals surface area contributed by atoms with Gasteiger partial charge >= 0.3 is 5.97 Å². The number of carbonyl (C=O) groups excluding carboxylic acids is 1. The molecular weight excluding hydrogens is 268 g/mol. The predicted octanol–water partition coefficient (Wildman–Crippen LogP) is 2.17. The van der Waals surface area contributed by atoms with Crippen LogP contribution in [0.2, 0.25) is 0 Å². The number of nitrogens with zero attached hydrogens (tertiary/aromatic N) is 1. The minimum absolute atomic E-state index is 0.0588. The summed E-state index contributed by atoms with van der Waals surface area (Å²) >= 11 is 0. The van der Waals surface area contributed by atoms with E-state index in [4.69, 9.17) is 5.11 Å². The van der Waals surface area contributed by atoms with Crippen molar-refractivity contribution in [2.45, 2.75) is 44.9 Å². The van der Waals surface area contributed by atoms with Crippen LogP contribution in [-0.4, -0.2) is 28.5 Å². The average molecular weight is 290 g/mol. The summed E-state index contributed by atoms with van der Waals surface area (Å²) in [5.41, 5.74) is 0.649. The molecule has 0 radical (unpaired) electrons. The lowest BCUT2D eigenvalue weighted by Crippen LogP contribution is -2.41. The van der Waals surface area contributed by atoms with Crippen LogP contribution in [0.1, 0.15) is 44.1 Å². The van der Waals surface area contributed by atoms with E-state index in [2.05, 4.69) is 10.3 Å². The van der Waals surface area contributed by atoms with Crippen molar-refractivity contribution in [3.05, 3.63) is 30.1 Å². The van der Waals surface area contributed by atoms with E-state index in [9.17, 15) is 9.59 Å². The van der Waals surface area contributed by atoms with Crippen LogP contribution in [0, 0.1) is 5.41 Å². The van der Waals surface area contributed by atoms with E-state index in [1.807, 2.05) is 12.1 Å². The van der Waals surface area contributed by atoms with Crippen LogP contribution in [0.25, 0.3) is 0 Å². The summed E-state index contributed by atoms with van der Waals surface area (Å²) < 4.78 is 0. The number of rotatable bonds is 6. The van der Waals surface area contributed by atoms with Crippen molar-refractivity contribution in [1.29, 1.82) is 0 Å². The van der Waals surface area contributed by atoms with Crippen molar-refractivity contribution < 1.29 is 14.7 Å². The molecule has 1 aromatic rings. The third-order valence-electron chi connectivity index (χ3n) is 4.22. The Morgan fingerprint density at radius 2 is 1.86 bits per heavy atom. The quantitative estimate of drug-likeness (QED) is 0.841. The molecule has 5 nitrogen and oxygen atoms in total. The van der Waals surface area contributed by atoms with Crippen LogP contribution < -0.4 is 5.32 Å². The summed E-state index contributed by atoms with van der Waals surface area (Å²) in [7, 11) is 0. The molecule has 0 spiro atoms. The third-order valence-corrected chi connectivity index (χ3v) is 4.22. The highest BCUT2D eigenvalue weighted by molar-refractivity contribution is 5.78. The number of aliphatic carboxylic acids is 1. The van der Waals surface area contributed by atoms with Crippen LogP contribution >= 0.6 is 0 Å². The van der Waals surface area contributed by atoms with Crippen LogP contribution in [-0.2, 0) is 16.0 Å². The topological polar surface area (TPSA) is 79.3 Å². The second-order valence-electron chi connectivity index (χ2n) is 5.94. The molecule has 5 heteroatoms. The Balaban J connectivity index is 1.89. The van der Waals surface area contributed by atoms with Crippen molar-refractivity contribution in [1.82, 2.24) is 10.3 Å². The summed E-state index contributed by atoms with van der Waals surface area (Å²) in [6.45, 7) is 0.462. The zero-order chi connectivity index (χ0) is 15.1. The lowest BCUT2D eigenvalue weighted by atomic mass is 9.71. The highest BCUT2D eigenvalue weighted by Crippen LogP contribution is 2.38. The van der Waals surface area contributed by atoms with Gasteiger partial charge in [-0.15, -0.1) is 0 Å². The van der Waals surface area contributed by atoms with Gasteiger partial charge in [0, 0.05) is 18.9 Å². The number of nitrogens with one attached hydrogen (secondary N) is 1. The number of carbonyl (C=O) groups is 2. The molecule has 0 bridgehead atoms. The molecular formula is C16H22N2O3. The van der Waals surface area contributed by atoms with Crippen molar-refractivity contribution in [2.75, 3.05) is 6.54 Å². The molecule has 114 valence electrons. The smallest absolute Gasteiger partial charge is 0.303 e. The van der Waals surface area contributed by atoms with Crippen molar-refractivity contribution in [3.63, 3.8) is 0 Å². The summed E-state index contributed by atoms with van der Waals surface area (Å²) in [6, 6.07) is 3.63. The van der Waals surface area contributed by atoms with Crippen LogP contribution in [0.4, 0.5) is 0 Å². The number of amides is 1. The molecule has 1 saturated carbocycles. The minimum atomic E-state index is -0.778. The van der Waals surface area contributed by atoms with E-state index in [1.165, 1.54) is 0 Å². The number of pyridine rings is 1. The van der Waals surface area contributed by atoms with Crippen molar-refractivity contribution >= 4 is 11.9 Å². The summed E-state index contributed by atoms with van der Waals surface area (Å²) in [5.74, 6) is -0.836. The summed E-state index contributed by atoms with van der Waals surface area (Å²) in [4.78, 5) is 27.0. The molecule has 0 saturated heterocycles. The molecule has 1 aliphatic rings. The minimum Gasteiger partial charge on any atom is -0.481 e. The lowest BCUT2D eigenvalue weighted by molar-refractivity contribution is -0.140. The molecule has 1 amide bonds. The Labute approximate surface area is 124 Å². The molecule has 0 aromatic carbocycles. The van der Waals surface area contributed by atoms with Gasteiger partial charge in [0.15, 0.2) is 0 Å². The molecule has 1 fully saturated rings. The number of hydrogen-bond donors (Lipinski definition) is 2. The molecule has 0 aliphatic heterocycles. The fraction of sp³-hybridized carbons (Fsp3) is 0.562. The Morgan fingerprint density at radius 3 is 2.48 bits per heavy atom. The fourth-order valence-electron chi connectivity index (χ4n) is 3.07. The van der Waals surface area contributed by atoms with Gasteiger partial charge in [0.1, 0.15) is 0 Å². The maximum atomic E-state index is 12.0. The van der Waals surface area contributed by atoms with Crippen LogP contribution in [0.15, 0.2) is 24.5 Å². The monoisotopic (exact) mass is 290 g/mol. The average Bonchev–Trinajstić information content (AvgIpc) is 2.47. The standard InChI is InChI=1S/C16H22N2O3/c19-14(10-13-4-8-17-9-5-13)18-12-16(11-15(20)21)6-2-1-3-7-16/h4-5,8-9H,1-3,6-7,10-12H2,(H,18,19)(H,20,21).